The summed E-state index contributed by atoms with van der Waals surface area (Å²) in [6.07, 6.45) is 0.601. The average Bonchev–Trinajstić information content (AvgIpc) is 3.31. The van der Waals surface area contributed by atoms with Crippen molar-refractivity contribution >= 4 is 22.6 Å². The first kappa shape index (κ1) is 22.1. The van der Waals surface area contributed by atoms with Crippen LogP contribution in [-0.4, -0.2) is 16.9 Å². The van der Waals surface area contributed by atoms with Gasteiger partial charge in [-0.3, -0.25) is 4.99 Å². The Morgan fingerprint density at radius 2 is 1.69 bits per heavy atom. The number of rotatable bonds is 8. The summed E-state index contributed by atoms with van der Waals surface area (Å²) in [5, 5.41) is 9.32. The highest BCUT2D eigenvalue weighted by Crippen LogP contribution is 2.32. The van der Waals surface area contributed by atoms with E-state index in [-0.39, 0.29) is 0 Å². The predicted molar refractivity (Wildman–Crippen MR) is 133 cm³/mol. The van der Waals surface area contributed by atoms with E-state index in [1.54, 1.807) is 0 Å². The van der Waals surface area contributed by atoms with Gasteiger partial charge in [-0.25, -0.2) is 0 Å². The van der Waals surface area contributed by atoms with Crippen molar-refractivity contribution in [1.82, 2.24) is 10.2 Å². The maximum atomic E-state index is 6.57. The molecular weight excluding hydrogens is 464 g/mol. The van der Waals surface area contributed by atoms with Gasteiger partial charge in [0.2, 0.25) is 11.8 Å². The van der Waals surface area contributed by atoms with Gasteiger partial charge in [0.05, 0.1) is 12.1 Å². The highest BCUT2D eigenvalue weighted by atomic mass is 79.9. The van der Waals surface area contributed by atoms with Gasteiger partial charge in [-0.15, -0.1) is 10.2 Å². The number of benzene rings is 3. The lowest BCUT2D eigenvalue weighted by atomic mass is 9.94. The molecule has 1 aromatic heterocycles. The molecule has 4 rings (SSSR count). The summed E-state index contributed by atoms with van der Waals surface area (Å²) in [7, 11) is 0. The summed E-state index contributed by atoms with van der Waals surface area (Å²) in [5.41, 5.74) is 12.2. The van der Waals surface area contributed by atoms with Crippen molar-refractivity contribution < 1.29 is 4.42 Å². The third kappa shape index (κ3) is 4.87. The van der Waals surface area contributed by atoms with Crippen LogP contribution in [-0.2, 0) is 23.8 Å². The average molecular weight is 489 g/mol. The smallest absolute Gasteiger partial charge is 0.247 e. The summed E-state index contributed by atoms with van der Waals surface area (Å²) in [6, 6.07) is 24.5. The molecule has 1 heterocycles. The lowest BCUT2D eigenvalue weighted by Gasteiger charge is -2.20. The van der Waals surface area contributed by atoms with Gasteiger partial charge in [-0.1, -0.05) is 76.6 Å². The second-order valence-corrected chi connectivity index (χ2v) is 8.64. The number of aromatic nitrogens is 2. The zero-order chi connectivity index (χ0) is 22.6. The van der Waals surface area contributed by atoms with Gasteiger partial charge in [0, 0.05) is 10.9 Å². The highest BCUT2D eigenvalue weighted by molar-refractivity contribution is 9.08. The lowest BCUT2D eigenvalue weighted by molar-refractivity contribution is 0.355. The number of alkyl halides is 1. The monoisotopic (exact) mass is 488 g/mol. The highest BCUT2D eigenvalue weighted by Gasteiger charge is 2.29. The van der Waals surface area contributed by atoms with Crippen LogP contribution in [0.4, 0.5) is 0 Å². The van der Waals surface area contributed by atoms with E-state index in [0.717, 1.165) is 33.4 Å². The van der Waals surface area contributed by atoms with Crippen molar-refractivity contribution in [2.45, 2.75) is 30.8 Å². The Morgan fingerprint density at radius 1 is 0.969 bits per heavy atom. The molecule has 0 spiro atoms. The fourth-order valence-corrected chi connectivity index (χ4v) is 4.10. The van der Waals surface area contributed by atoms with Crippen LogP contribution in [0.2, 0.25) is 0 Å². The van der Waals surface area contributed by atoms with Crippen molar-refractivity contribution in [3.63, 3.8) is 0 Å². The molecule has 162 valence electrons. The molecule has 5 nitrogen and oxygen atoms in total. The van der Waals surface area contributed by atoms with Crippen LogP contribution in [0.3, 0.4) is 0 Å². The Balaban J connectivity index is 1.70. The van der Waals surface area contributed by atoms with Crippen molar-refractivity contribution in [1.29, 1.82) is 0 Å². The van der Waals surface area contributed by atoms with Crippen LogP contribution in [0, 0.1) is 0 Å². The Bertz CT molecular complexity index is 1220. The van der Waals surface area contributed by atoms with Gasteiger partial charge < -0.3 is 10.2 Å². The van der Waals surface area contributed by atoms with Crippen LogP contribution < -0.4 is 5.73 Å². The zero-order valence-corrected chi connectivity index (χ0v) is 19.5. The molecule has 6 heteroatoms. The van der Waals surface area contributed by atoms with E-state index in [1.807, 2.05) is 49.4 Å². The SMILES string of the molecule is C=NCc1ccccc1-c1cc(CBr)cc(-c2nnc([C@](C)(N)Cc3ccccc3)o2)c1. The third-order valence-electron chi connectivity index (χ3n) is 5.33. The number of hydrogen-bond acceptors (Lipinski definition) is 5. The standard InChI is InChI=1S/C26H25BrN4O/c1-26(28,15-18-8-4-3-5-9-18)25-31-30-24(32-25)22-13-19(16-27)12-21(14-22)23-11-7-6-10-20(23)17-29-2/h3-14H,2,15-17,28H2,1H3/t26-/m1/s1. The minimum absolute atomic E-state index is 0.415. The normalized spacial score (nSPS) is 13.0. The molecule has 0 radical (unpaired) electrons. The van der Waals surface area contributed by atoms with Gasteiger partial charge in [0.1, 0.15) is 0 Å². The van der Waals surface area contributed by atoms with Crippen LogP contribution in [0.5, 0.6) is 0 Å². The lowest BCUT2D eigenvalue weighted by Crippen LogP contribution is -2.35. The Kier molecular flexibility index (Phi) is 6.63. The number of nitrogens with zero attached hydrogens (tertiary/aromatic N) is 3. The van der Waals surface area contributed by atoms with E-state index in [2.05, 4.69) is 68.2 Å². The van der Waals surface area contributed by atoms with E-state index in [1.165, 1.54) is 0 Å². The molecule has 0 unspecified atom stereocenters. The van der Waals surface area contributed by atoms with Crippen molar-refractivity contribution in [3.05, 3.63) is 95.4 Å². The Morgan fingerprint density at radius 3 is 2.44 bits per heavy atom. The first-order valence-corrected chi connectivity index (χ1v) is 11.5. The van der Waals surface area contributed by atoms with E-state index in [0.29, 0.717) is 30.1 Å². The van der Waals surface area contributed by atoms with Crippen molar-refractivity contribution in [2.24, 2.45) is 10.7 Å². The molecule has 2 N–H and O–H groups in total. The molecular formula is C26H25BrN4O. The zero-order valence-electron chi connectivity index (χ0n) is 18.0. The van der Waals surface area contributed by atoms with E-state index in [4.69, 9.17) is 10.2 Å². The van der Waals surface area contributed by atoms with Crippen LogP contribution >= 0.6 is 15.9 Å². The van der Waals surface area contributed by atoms with E-state index >= 15 is 0 Å². The molecule has 0 aliphatic carbocycles. The molecule has 0 aliphatic rings. The molecule has 0 amide bonds. The van der Waals surface area contributed by atoms with Crippen LogP contribution in [0.25, 0.3) is 22.6 Å². The fraction of sp³-hybridized carbons (Fsp3) is 0.192. The maximum absolute atomic E-state index is 6.57. The maximum Gasteiger partial charge on any atom is 0.247 e. The first-order chi connectivity index (χ1) is 15.5. The van der Waals surface area contributed by atoms with Gasteiger partial charge in [-0.2, -0.15) is 0 Å². The second kappa shape index (κ2) is 9.59. The van der Waals surface area contributed by atoms with Crippen LogP contribution in [0.1, 0.15) is 29.5 Å². The first-order valence-electron chi connectivity index (χ1n) is 10.4. The molecule has 0 saturated heterocycles. The van der Waals surface area contributed by atoms with Crippen LogP contribution in [0.15, 0.2) is 82.2 Å². The third-order valence-corrected chi connectivity index (χ3v) is 5.98. The molecule has 3 aromatic carbocycles. The van der Waals surface area contributed by atoms with Gasteiger partial charge >= 0.3 is 0 Å². The minimum atomic E-state index is -0.773. The molecule has 0 aliphatic heterocycles. The fourth-order valence-electron chi connectivity index (χ4n) is 3.77. The minimum Gasteiger partial charge on any atom is -0.419 e. The van der Waals surface area contributed by atoms with Gasteiger partial charge in [0.15, 0.2) is 0 Å². The number of nitrogens with two attached hydrogens (primary N) is 1. The Labute approximate surface area is 196 Å². The predicted octanol–water partition coefficient (Wildman–Crippen LogP) is 5.92. The number of aliphatic imine (C=N–C) groups is 1. The number of hydrogen-bond donors (Lipinski definition) is 1. The largest absolute Gasteiger partial charge is 0.419 e. The molecule has 4 aromatic rings. The van der Waals surface area contributed by atoms with Crippen molar-refractivity contribution in [2.75, 3.05) is 0 Å². The second-order valence-electron chi connectivity index (χ2n) is 8.08. The molecule has 32 heavy (non-hydrogen) atoms. The molecule has 1 atom stereocenters. The Hall–Kier alpha value is -3.09. The van der Waals surface area contributed by atoms with E-state index < -0.39 is 5.54 Å². The quantitative estimate of drug-likeness (QED) is 0.246. The number of halogens is 1. The van der Waals surface area contributed by atoms with Crippen molar-refractivity contribution in [3.8, 4) is 22.6 Å². The molecule has 0 bridgehead atoms. The molecule has 0 saturated carbocycles. The summed E-state index contributed by atoms with van der Waals surface area (Å²) < 4.78 is 6.08. The topological polar surface area (TPSA) is 77.3 Å². The van der Waals surface area contributed by atoms with Gasteiger partial charge in [0.25, 0.3) is 0 Å². The summed E-state index contributed by atoms with van der Waals surface area (Å²) in [6.45, 7) is 6.11. The van der Waals surface area contributed by atoms with Gasteiger partial charge in [-0.05, 0) is 60.0 Å². The van der Waals surface area contributed by atoms with E-state index in [9.17, 15) is 0 Å². The molecule has 0 fully saturated rings. The summed E-state index contributed by atoms with van der Waals surface area (Å²) >= 11 is 3.58. The summed E-state index contributed by atoms with van der Waals surface area (Å²) in [4.78, 5) is 4.07. The summed E-state index contributed by atoms with van der Waals surface area (Å²) in [5.74, 6) is 0.867.